The van der Waals surface area contributed by atoms with E-state index in [2.05, 4.69) is 215 Å². The smallest absolute Gasteiger partial charge is 0.165 e. The molecule has 4 nitrogen and oxygen atoms in total. The number of benzene rings is 10. The van der Waals surface area contributed by atoms with Crippen LogP contribution in [-0.2, 0) is 0 Å². The van der Waals surface area contributed by atoms with E-state index in [0.29, 0.717) is 0 Å². The van der Waals surface area contributed by atoms with E-state index >= 15 is 0 Å². The third-order valence-corrected chi connectivity index (χ3v) is 12.7. The lowest BCUT2D eigenvalue weighted by Crippen LogP contribution is -2.04. The first kappa shape index (κ1) is 34.5. The van der Waals surface area contributed by atoms with Gasteiger partial charge in [0.15, 0.2) is 5.82 Å². The van der Waals surface area contributed by atoms with Gasteiger partial charge in [0.2, 0.25) is 0 Å². The van der Waals surface area contributed by atoms with Crippen molar-refractivity contribution in [3.05, 3.63) is 218 Å². The van der Waals surface area contributed by atoms with Crippen molar-refractivity contribution in [2.45, 2.75) is 0 Å². The fraction of sp³-hybridized carbons (Fsp3) is 0. The van der Waals surface area contributed by atoms with Crippen LogP contribution in [0, 0.1) is 0 Å². The molecule has 288 valence electrons. The van der Waals surface area contributed by atoms with Gasteiger partial charge in [-0.05, 0) is 98.4 Å². The van der Waals surface area contributed by atoms with Gasteiger partial charge < -0.3 is 4.57 Å². The molecule has 4 heteroatoms. The van der Waals surface area contributed by atoms with Gasteiger partial charge in [-0.2, -0.15) is 0 Å². The first-order valence-electron chi connectivity index (χ1n) is 21.2. The molecule has 0 saturated heterocycles. The molecule has 0 unspecified atom stereocenters. The van der Waals surface area contributed by atoms with Crippen LogP contribution in [-0.4, -0.2) is 19.1 Å². The Labute approximate surface area is 357 Å². The summed E-state index contributed by atoms with van der Waals surface area (Å²) in [4.78, 5) is 11.0. The molecule has 0 N–H and O–H groups in total. The maximum absolute atomic E-state index is 5.53. The largest absolute Gasteiger partial charge is 0.309 e. The van der Waals surface area contributed by atoms with Crippen molar-refractivity contribution in [3.63, 3.8) is 0 Å². The molecule has 0 atom stereocenters. The minimum absolute atomic E-state index is 0.799. The van der Waals surface area contributed by atoms with E-state index < -0.39 is 0 Å². The highest BCUT2D eigenvalue weighted by molar-refractivity contribution is 6.23. The minimum Gasteiger partial charge on any atom is -0.309 e. The first-order valence-corrected chi connectivity index (χ1v) is 21.2. The zero-order valence-electron chi connectivity index (χ0n) is 33.6. The Hall–Kier alpha value is -8.34. The van der Waals surface area contributed by atoms with Crippen molar-refractivity contribution in [1.82, 2.24) is 19.1 Å². The summed E-state index contributed by atoms with van der Waals surface area (Å²) in [6.45, 7) is 0. The average Bonchev–Trinajstić information content (AvgIpc) is 3.86. The van der Waals surface area contributed by atoms with Gasteiger partial charge in [0, 0.05) is 32.8 Å². The van der Waals surface area contributed by atoms with Gasteiger partial charge >= 0.3 is 0 Å². The van der Waals surface area contributed by atoms with Gasteiger partial charge in [-0.3, -0.25) is 4.57 Å². The van der Waals surface area contributed by atoms with E-state index in [4.69, 9.17) is 9.97 Å². The number of nitrogens with zero attached hydrogens (tertiary/aromatic N) is 4. The maximum atomic E-state index is 5.53. The number of rotatable bonds is 5. The van der Waals surface area contributed by atoms with Crippen molar-refractivity contribution < 1.29 is 0 Å². The van der Waals surface area contributed by atoms with E-state index in [1.807, 2.05) is 12.1 Å². The van der Waals surface area contributed by atoms with Crippen LogP contribution >= 0.6 is 0 Å². The molecular formula is C58H36N4. The monoisotopic (exact) mass is 788 g/mol. The Bertz CT molecular complexity index is 3930. The summed E-state index contributed by atoms with van der Waals surface area (Å²) in [6.07, 6.45) is 0. The number of hydrogen-bond acceptors (Lipinski definition) is 2. The van der Waals surface area contributed by atoms with Gasteiger partial charge in [-0.25, -0.2) is 9.97 Å². The zero-order chi connectivity index (χ0) is 40.7. The number of para-hydroxylation sites is 3. The van der Waals surface area contributed by atoms with Gasteiger partial charge in [0.25, 0.3) is 0 Å². The van der Waals surface area contributed by atoms with Crippen LogP contribution in [0.25, 0.3) is 121 Å². The summed E-state index contributed by atoms with van der Waals surface area (Å²) in [6, 6.07) is 78.6. The van der Waals surface area contributed by atoms with Crippen LogP contribution in [0.4, 0.5) is 0 Å². The Balaban J connectivity index is 1.11. The van der Waals surface area contributed by atoms with Crippen LogP contribution in [0.5, 0.6) is 0 Å². The van der Waals surface area contributed by atoms with Gasteiger partial charge in [0.05, 0.1) is 33.1 Å². The standard InChI is InChI=1S/C58H36N4/c1-2-14-37(15-3-1)40-19-12-20-43(34-40)57-58(60-50-25-10-9-24-49(50)59-57)62-53-33-30-39-17-6-7-21-45(39)55(53)48-32-29-42(36-54(48)62)46-23-13-27-52-56(46)47-22-8-11-26-51(47)61(52)44-31-28-38-16-4-5-18-41(38)35-44/h1-36H. The van der Waals surface area contributed by atoms with Crippen LogP contribution in [0.1, 0.15) is 0 Å². The second kappa shape index (κ2) is 13.6. The van der Waals surface area contributed by atoms with E-state index in [-0.39, 0.29) is 0 Å². The predicted molar refractivity (Wildman–Crippen MR) is 260 cm³/mol. The fourth-order valence-electron chi connectivity index (χ4n) is 9.85. The lowest BCUT2D eigenvalue weighted by atomic mass is 9.97. The van der Waals surface area contributed by atoms with Crippen LogP contribution in [0.2, 0.25) is 0 Å². The lowest BCUT2D eigenvalue weighted by molar-refractivity contribution is 1.08. The quantitative estimate of drug-likeness (QED) is 0.174. The molecule has 0 bridgehead atoms. The molecule has 13 aromatic rings. The highest BCUT2D eigenvalue weighted by Gasteiger charge is 2.23. The second-order valence-corrected chi connectivity index (χ2v) is 16.2. The molecule has 3 heterocycles. The molecular weight excluding hydrogens is 753 g/mol. The molecule has 0 spiro atoms. The van der Waals surface area contributed by atoms with E-state index in [0.717, 1.165) is 61.5 Å². The molecule has 0 aliphatic rings. The molecule has 10 aromatic carbocycles. The number of aromatic nitrogens is 4. The highest BCUT2D eigenvalue weighted by atomic mass is 15.1. The Morgan fingerprint density at radius 2 is 0.952 bits per heavy atom. The van der Waals surface area contributed by atoms with Gasteiger partial charge in [-0.1, -0.05) is 164 Å². The SMILES string of the molecule is c1ccc(-c2cccc(-c3nc4ccccc4nc3-n3c4cc(-c5cccc6c5c5ccccc5n6-c5ccc6ccccc6c5)ccc4c4c5ccccc5ccc43)c2)cc1. The van der Waals surface area contributed by atoms with E-state index in [1.165, 1.54) is 59.7 Å². The zero-order valence-corrected chi connectivity index (χ0v) is 33.6. The summed E-state index contributed by atoms with van der Waals surface area (Å²) in [5, 5.41) is 9.70. The average molecular weight is 789 g/mol. The first-order chi connectivity index (χ1) is 30.7. The van der Waals surface area contributed by atoms with Crippen LogP contribution in [0.3, 0.4) is 0 Å². The third-order valence-electron chi connectivity index (χ3n) is 12.7. The van der Waals surface area contributed by atoms with Crippen molar-refractivity contribution in [1.29, 1.82) is 0 Å². The molecule has 0 aliphatic heterocycles. The van der Waals surface area contributed by atoms with E-state index in [1.54, 1.807) is 0 Å². The van der Waals surface area contributed by atoms with E-state index in [9.17, 15) is 0 Å². The van der Waals surface area contributed by atoms with Crippen molar-refractivity contribution in [2.24, 2.45) is 0 Å². The lowest BCUT2D eigenvalue weighted by Gasteiger charge is -2.15. The molecule has 0 amide bonds. The van der Waals surface area contributed by atoms with Gasteiger partial charge in [0.1, 0.15) is 5.69 Å². The summed E-state index contributed by atoms with van der Waals surface area (Å²) in [7, 11) is 0. The maximum Gasteiger partial charge on any atom is 0.165 e. The number of fused-ring (bicyclic) bond motifs is 10. The Kier molecular flexibility index (Phi) is 7.57. The molecule has 0 saturated carbocycles. The summed E-state index contributed by atoms with van der Waals surface area (Å²) >= 11 is 0. The minimum atomic E-state index is 0.799. The topological polar surface area (TPSA) is 35.6 Å². The molecule has 13 rings (SSSR count). The number of hydrogen-bond donors (Lipinski definition) is 0. The summed E-state index contributed by atoms with van der Waals surface area (Å²) in [5.41, 5.74) is 13.8. The fourth-order valence-corrected chi connectivity index (χ4v) is 9.85. The molecule has 0 fully saturated rings. The Morgan fingerprint density at radius 3 is 1.84 bits per heavy atom. The van der Waals surface area contributed by atoms with Crippen molar-refractivity contribution in [2.75, 3.05) is 0 Å². The van der Waals surface area contributed by atoms with Crippen molar-refractivity contribution >= 4 is 76.2 Å². The molecule has 3 aromatic heterocycles. The second-order valence-electron chi connectivity index (χ2n) is 16.2. The molecule has 0 radical (unpaired) electrons. The predicted octanol–water partition coefficient (Wildman–Crippen LogP) is 15.1. The Morgan fingerprint density at radius 1 is 0.306 bits per heavy atom. The van der Waals surface area contributed by atoms with Crippen LogP contribution in [0.15, 0.2) is 218 Å². The summed E-state index contributed by atoms with van der Waals surface area (Å²) in [5.74, 6) is 0.799. The molecule has 62 heavy (non-hydrogen) atoms. The third kappa shape index (κ3) is 5.27. The van der Waals surface area contributed by atoms with Crippen molar-refractivity contribution in [3.8, 4) is 45.0 Å². The van der Waals surface area contributed by atoms with Crippen LogP contribution < -0.4 is 0 Å². The summed E-state index contributed by atoms with van der Waals surface area (Å²) < 4.78 is 4.78. The molecule has 0 aliphatic carbocycles. The highest BCUT2D eigenvalue weighted by Crippen LogP contribution is 2.43. The van der Waals surface area contributed by atoms with Gasteiger partial charge in [-0.15, -0.1) is 0 Å². The normalized spacial score (nSPS) is 11.9.